The number of nitrogens with zero attached hydrogens (tertiary/aromatic N) is 2. The largest absolute Gasteiger partial charge is 0.282 e. The molecule has 0 aliphatic carbocycles. The maximum atomic E-state index is 3.84. The molecule has 0 N–H and O–H groups in total. The summed E-state index contributed by atoms with van der Waals surface area (Å²) in [6, 6.07) is 0. The molecule has 0 atom stereocenters. The lowest BCUT2D eigenvalue weighted by Crippen LogP contribution is -2.12. The summed E-state index contributed by atoms with van der Waals surface area (Å²) in [5.74, 6) is 0. The van der Waals surface area contributed by atoms with E-state index < -0.39 is 0 Å². The topological polar surface area (TPSA) is 15.6 Å². The lowest BCUT2D eigenvalue weighted by Gasteiger charge is -1.99. The summed E-state index contributed by atoms with van der Waals surface area (Å²) >= 11 is 0. The van der Waals surface area contributed by atoms with Gasteiger partial charge >= 0.3 is 0 Å². The average molecular weight is 83.1 g/mol. The van der Waals surface area contributed by atoms with Crippen LogP contribution in [0, 0.1) is 0 Å². The second kappa shape index (κ2) is 1.39. The minimum atomic E-state index is 0.833. The third kappa shape index (κ3) is 0.571. The molecule has 1 aliphatic rings. The fraction of sp³-hybridized carbons (Fsp3) is 0.750. The molecule has 0 aromatic carbocycles. The Bertz CT molecular complexity index is 59.9. The molecule has 1 heterocycles. The van der Waals surface area contributed by atoms with Crippen LogP contribution in [0.5, 0.6) is 0 Å². The molecule has 1 radical (unpaired) electrons. The first-order chi connectivity index (χ1) is 2.89. The highest BCUT2D eigenvalue weighted by molar-refractivity contribution is 5.61. The Hall–Kier alpha value is -0.370. The van der Waals surface area contributed by atoms with Gasteiger partial charge in [0.2, 0.25) is 0 Å². The van der Waals surface area contributed by atoms with Crippen molar-refractivity contribution in [2.75, 3.05) is 20.3 Å². The molecule has 1 rings (SSSR count). The van der Waals surface area contributed by atoms with Gasteiger partial charge in [0.1, 0.15) is 0 Å². The normalized spacial score (nSPS) is 22.8. The average Bonchev–Trinajstić information content (AvgIpc) is 1.86. The maximum absolute atomic E-state index is 3.84. The second-order valence-corrected chi connectivity index (χ2v) is 1.47. The zero-order valence-corrected chi connectivity index (χ0v) is 3.81. The van der Waals surface area contributed by atoms with Gasteiger partial charge in [0.25, 0.3) is 0 Å². The number of aliphatic imine (C=N–C) groups is 1. The van der Waals surface area contributed by atoms with E-state index in [1.54, 1.807) is 0 Å². The molecule has 0 aromatic heterocycles. The Morgan fingerprint density at radius 2 is 2.67 bits per heavy atom. The number of hydrogen-bond donors (Lipinski definition) is 0. The molecule has 0 unspecified atom stereocenters. The molecule has 0 fully saturated rings. The van der Waals surface area contributed by atoms with Crippen molar-refractivity contribution in [3.8, 4) is 0 Å². The van der Waals surface area contributed by atoms with Gasteiger partial charge in [-0.1, -0.05) is 0 Å². The zero-order valence-electron chi connectivity index (χ0n) is 3.81. The van der Waals surface area contributed by atoms with E-state index in [4.69, 9.17) is 0 Å². The third-order valence-electron chi connectivity index (χ3n) is 0.765. The predicted octanol–water partition coefficient (Wildman–Crippen LogP) is -0.163. The van der Waals surface area contributed by atoms with E-state index in [1.165, 1.54) is 0 Å². The SMILES string of the molecule is CN1C[C]=NC1. The van der Waals surface area contributed by atoms with Crippen molar-refractivity contribution in [3.63, 3.8) is 0 Å². The van der Waals surface area contributed by atoms with Crippen LogP contribution in [0.1, 0.15) is 0 Å². The fourth-order valence-electron chi connectivity index (χ4n) is 0.391. The van der Waals surface area contributed by atoms with Crippen molar-refractivity contribution in [2.45, 2.75) is 0 Å². The van der Waals surface area contributed by atoms with Crippen LogP contribution in [0.15, 0.2) is 4.99 Å². The van der Waals surface area contributed by atoms with Gasteiger partial charge in [0.05, 0.1) is 12.9 Å². The minimum Gasteiger partial charge on any atom is -0.282 e. The number of rotatable bonds is 0. The third-order valence-corrected chi connectivity index (χ3v) is 0.765. The van der Waals surface area contributed by atoms with Crippen LogP contribution in [0.2, 0.25) is 0 Å². The Labute approximate surface area is 37.5 Å². The van der Waals surface area contributed by atoms with Crippen molar-refractivity contribution in [1.82, 2.24) is 4.90 Å². The van der Waals surface area contributed by atoms with E-state index in [-0.39, 0.29) is 0 Å². The van der Waals surface area contributed by atoms with Crippen LogP contribution >= 0.6 is 0 Å². The van der Waals surface area contributed by atoms with Crippen molar-refractivity contribution in [3.05, 3.63) is 0 Å². The van der Waals surface area contributed by atoms with Gasteiger partial charge in [-0.2, -0.15) is 0 Å². The van der Waals surface area contributed by atoms with Crippen LogP contribution in [0.4, 0.5) is 0 Å². The summed E-state index contributed by atoms with van der Waals surface area (Å²) < 4.78 is 0. The molecule has 0 saturated carbocycles. The molecule has 6 heavy (non-hydrogen) atoms. The summed E-state index contributed by atoms with van der Waals surface area (Å²) in [6.07, 6.45) is 2.82. The maximum Gasteiger partial charge on any atom is 0.0915 e. The van der Waals surface area contributed by atoms with E-state index in [0.29, 0.717) is 0 Å². The first kappa shape index (κ1) is 3.81. The van der Waals surface area contributed by atoms with Crippen LogP contribution < -0.4 is 0 Å². The van der Waals surface area contributed by atoms with Gasteiger partial charge in [0.15, 0.2) is 0 Å². The summed E-state index contributed by atoms with van der Waals surface area (Å²) in [5.41, 5.74) is 0. The Morgan fingerprint density at radius 1 is 1.83 bits per heavy atom. The molecule has 0 spiro atoms. The van der Waals surface area contributed by atoms with Crippen molar-refractivity contribution in [1.29, 1.82) is 0 Å². The first-order valence-electron chi connectivity index (χ1n) is 1.97. The molecular weight excluding hydrogens is 76.1 g/mol. The lowest BCUT2D eigenvalue weighted by atomic mass is 10.7. The van der Waals surface area contributed by atoms with Gasteiger partial charge in [0, 0.05) is 6.54 Å². The minimum absolute atomic E-state index is 0.833. The van der Waals surface area contributed by atoms with E-state index in [0.717, 1.165) is 13.2 Å². The van der Waals surface area contributed by atoms with E-state index in [9.17, 15) is 0 Å². The van der Waals surface area contributed by atoms with Crippen molar-refractivity contribution >= 4 is 6.21 Å². The van der Waals surface area contributed by atoms with Gasteiger partial charge in [-0.05, 0) is 7.05 Å². The van der Waals surface area contributed by atoms with E-state index in [1.807, 2.05) is 7.05 Å². The van der Waals surface area contributed by atoms with Crippen LogP contribution in [-0.4, -0.2) is 31.4 Å². The van der Waals surface area contributed by atoms with Crippen LogP contribution in [0.3, 0.4) is 0 Å². The molecule has 0 bridgehead atoms. The quantitative estimate of drug-likeness (QED) is 0.397. The Balaban J connectivity index is 2.32. The highest BCUT2D eigenvalue weighted by Crippen LogP contribution is 1.85. The molecule has 33 valence electrons. The molecule has 2 nitrogen and oxygen atoms in total. The van der Waals surface area contributed by atoms with Crippen molar-refractivity contribution in [2.24, 2.45) is 4.99 Å². The van der Waals surface area contributed by atoms with Crippen LogP contribution in [-0.2, 0) is 0 Å². The van der Waals surface area contributed by atoms with Crippen LogP contribution in [0.25, 0.3) is 0 Å². The molecule has 2 heteroatoms. The van der Waals surface area contributed by atoms with Crippen molar-refractivity contribution < 1.29 is 0 Å². The fourth-order valence-corrected chi connectivity index (χ4v) is 0.391. The summed E-state index contributed by atoms with van der Waals surface area (Å²) in [6.45, 7) is 1.74. The highest BCUT2D eigenvalue weighted by atomic mass is 15.2. The smallest absolute Gasteiger partial charge is 0.0915 e. The summed E-state index contributed by atoms with van der Waals surface area (Å²) in [7, 11) is 2.02. The summed E-state index contributed by atoms with van der Waals surface area (Å²) in [5, 5.41) is 0. The predicted molar refractivity (Wildman–Crippen MR) is 24.9 cm³/mol. The molecule has 0 aromatic rings. The van der Waals surface area contributed by atoms with E-state index in [2.05, 4.69) is 16.1 Å². The standard InChI is InChI=1S/C4H7N2/c1-6-3-2-5-4-6/h3-4H2,1H3. The molecule has 1 aliphatic heterocycles. The summed E-state index contributed by atoms with van der Waals surface area (Å²) in [4.78, 5) is 5.92. The second-order valence-electron chi connectivity index (χ2n) is 1.47. The number of hydrogen-bond acceptors (Lipinski definition) is 2. The van der Waals surface area contributed by atoms with Gasteiger partial charge in [-0.15, -0.1) is 0 Å². The van der Waals surface area contributed by atoms with Gasteiger partial charge in [-0.25, -0.2) is 0 Å². The first-order valence-corrected chi connectivity index (χ1v) is 1.97. The highest BCUT2D eigenvalue weighted by Gasteiger charge is 1.97. The monoisotopic (exact) mass is 83.1 g/mol. The zero-order chi connectivity index (χ0) is 4.41. The molecule has 0 amide bonds. The molecule has 0 saturated heterocycles. The van der Waals surface area contributed by atoms with Gasteiger partial charge in [-0.3, -0.25) is 9.89 Å². The van der Waals surface area contributed by atoms with E-state index >= 15 is 0 Å². The molecular formula is C4H7N2. The van der Waals surface area contributed by atoms with Gasteiger partial charge < -0.3 is 0 Å². The lowest BCUT2D eigenvalue weighted by molar-refractivity contribution is 0.422. The Kier molecular flexibility index (Phi) is 0.881. The Morgan fingerprint density at radius 3 is 2.83 bits per heavy atom.